The molecule has 23 heavy (non-hydrogen) atoms. The molecule has 0 aromatic heterocycles. The first-order valence-corrected chi connectivity index (χ1v) is 8.59. The van der Waals surface area contributed by atoms with Crippen LogP contribution < -0.4 is 5.32 Å². The van der Waals surface area contributed by atoms with Crippen LogP contribution >= 0.6 is 0 Å². The molecule has 1 aliphatic heterocycles. The predicted molar refractivity (Wildman–Crippen MR) is 91.1 cm³/mol. The number of morpholine rings is 1. The Morgan fingerprint density at radius 2 is 2.00 bits per heavy atom. The van der Waals surface area contributed by atoms with Crippen molar-refractivity contribution in [3.8, 4) is 0 Å². The lowest BCUT2D eigenvalue weighted by Gasteiger charge is -2.33. The molecule has 1 saturated carbocycles. The highest BCUT2D eigenvalue weighted by molar-refractivity contribution is 5.83. The highest BCUT2D eigenvalue weighted by Crippen LogP contribution is 2.59. The fourth-order valence-corrected chi connectivity index (χ4v) is 3.53. The van der Waals surface area contributed by atoms with Gasteiger partial charge in [0.15, 0.2) is 0 Å². The summed E-state index contributed by atoms with van der Waals surface area (Å²) in [6.07, 6.45) is 2.19. The quantitative estimate of drug-likeness (QED) is 0.726. The lowest BCUT2D eigenvalue weighted by molar-refractivity contribution is -0.124. The van der Waals surface area contributed by atoms with Crippen LogP contribution in [0.15, 0.2) is 11.6 Å². The summed E-state index contributed by atoms with van der Waals surface area (Å²) in [7, 11) is 0. The monoisotopic (exact) mass is 324 g/mol. The third kappa shape index (κ3) is 4.78. The van der Waals surface area contributed by atoms with Gasteiger partial charge in [-0.1, -0.05) is 25.5 Å². The molecular weight excluding hydrogens is 292 g/mol. The number of ether oxygens (including phenoxy) is 1. The molecule has 0 aromatic carbocycles. The molecule has 132 valence electrons. The van der Waals surface area contributed by atoms with E-state index in [9.17, 15) is 9.90 Å². The first-order chi connectivity index (χ1) is 10.6. The Labute approximate surface area is 140 Å². The molecule has 1 heterocycles. The van der Waals surface area contributed by atoms with E-state index in [0.717, 1.165) is 13.1 Å². The number of β-amino-alcohol motifs (C(OH)–C–C–N with tert-alkyl or cyclic N) is 1. The first-order valence-electron chi connectivity index (χ1n) is 8.59. The fourth-order valence-electron chi connectivity index (χ4n) is 3.53. The summed E-state index contributed by atoms with van der Waals surface area (Å²) in [6, 6.07) is 0. The molecule has 1 amide bonds. The molecule has 3 atom stereocenters. The van der Waals surface area contributed by atoms with Gasteiger partial charge in [-0.2, -0.15) is 0 Å². The van der Waals surface area contributed by atoms with Crippen LogP contribution in [-0.2, 0) is 9.53 Å². The summed E-state index contributed by atoms with van der Waals surface area (Å²) in [6.45, 7) is 14.1. The fraction of sp³-hybridized carbons (Fsp3) is 0.833. The van der Waals surface area contributed by atoms with Crippen molar-refractivity contribution in [3.05, 3.63) is 11.6 Å². The summed E-state index contributed by atoms with van der Waals surface area (Å²) >= 11 is 0. The number of nitrogens with one attached hydrogen (secondary N) is 1. The molecule has 3 unspecified atom stereocenters. The van der Waals surface area contributed by atoms with Crippen LogP contribution in [0.5, 0.6) is 0 Å². The molecule has 2 fully saturated rings. The molecule has 1 aliphatic carbocycles. The van der Waals surface area contributed by atoms with Gasteiger partial charge in [-0.3, -0.25) is 9.69 Å². The zero-order valence-corrected chi connectivity index (χ0v) is 15.2. The Bertz CT molecular complexity index is 461. The number of carbonyl (C=O) groups excluding carboxylic acids is 1. The van der Waals surface area contributed by atoms with E-state index in [-0.39, 0.29) is 23.8 Å². The normalized spacial score (nSPS) is 29.5. The number of hydrogen-bond acceptors (Lipinski definition) is 4. The molecule has 2 aliphatic rings. The van der Waals surface area contributed by atoms with Crippen molar-refractivity contribution in [1.29, 1.82) is 0 Å². The minimum Gasteiger partial charge on any atom is -0.387 e. The van der Waals surface area contributed by atoms with Gasteiger partial charge in [-0.15, -0.1) is 0 Å². The lowest BCUT2D eigenvalue weighted by Crippen LogP contribution is -2.51. The van der Waals surface area contributed by atoms with Gasteiger partial charge >= 0.3 is 0 Å². The van der Waals surface area contributed by atoms with E-state index in [1.807, 2.05) is 0 Å². The van der Waals surface area contributed by atoms with Crippen LogP contribution in [0.4, 0.5) is 0 Å². The second-order valence-corrected chi connectivity index (χ2v) is 8.17. The predicted octanol–water partition coefficient (Wildman–Crippen LogP) is 1.42. The van der Waals surface area contributed by atoms with Crippen LogP contribution in [0, 0.1) is 17.3 Å². The Morgan fingerprint density at radius 3 is 2.57 bits per heavy atom. The SMILES string of the molecule is CC(C)=CC1C(C(=O)NCC(C)(O)CN2CCOCC2)C1(C)C. The highest BCUT2D eigenvalue weighted by atomic mass is 16.5. The smallest absolute Gasteiger partial charge is 0.224 e. The molecule has 0 bridgehead atoms. The second-order valence-electron chi connectivity index (χ2n) is 8.17. The molecular formula is C18H32N2O3. The van der Waals surface area contributed by atoms with Crippen LogP contribution in [0.2, 0.25) is 0 Å². The van der Waals surface area contributed by atoms with Gasteiger partial charge in [0.05, 0.1) is 24.7 Å². The van der Waals surface area contributed by atoms with Gasteiger partial charge in [0.2, 0.25) is 5.91 Å². The zero-order chi connectivity index (χ0) is 17.3. The molecule has 1 saturated heterocycles. The largest absolute Gasteiger partial charge is 0.387 e. The van der Waals surface area contributed by atoms with E-state index in [1.165, 1.54) is 5.57 Å². The van der Waals surface area contributed by atoms with Gasteiger partial charge in [0.25, 0.3) is 0 Å². The van der Waals surface area contributed by atoms with Crippen molar-refractivity contribution in [2.45, 2.75) is 40.2 Å². The minimum atomic E-state index is -0.919. The van der Waals surface area contributed by atoms with Crippen LogP contribution in [-0.4, -0.2) is 60.9 Å². The molecule has 0 spiro atoms. The van der Waals surface area contributed by atoms with E-state index in [2.05, 4.69) is 44.0 Å². The zero-order valence-electron chi connectivity index (χ0n) is 15.2. The topological polar surface area (TPSA) is 61.8 Å². The number of rotatable bonds is 6. The standard InChI is InChI=1S/C18H32N2O3/c1-13(2)10-14-15(17(14,3)4)16(21)19-11-18(5,22)12-20-6-8-23-9-7-20/h10,14-15,22H,6-9,11-12H2,1-5H3,(H,19,21). The van der Waals surface area contributed by atoms with Crippen molar-refractivity contribution >= 4 is 5.91 Å². The molecule has 0 aromatic rings. The number of hydrogen-bond donors (Lipinski definition) is 2. The van der Waals surface area contributed by atoms with E-state index in [1.54, 1.807) is 6.92 Å². The number of carbonyl (C=O) groups is 1. The van der Waals surface area contributed by atoms with Crippen LogP contribution in [0.1, 0.15) is 34.6 Å². The number of aliphatic hydroxyl groups is 1. The van der Waals surface area contributed by atoms with E-state index in [4.69, 9.17) is 4.74 Å². The first kappa shape index (κ1) is 18.4. The summed E-state index contributed by atoms with van der Waals surface area (Å²) in [4.78, 5) is 14.6. The van der Waals surface area contributed by atoms with Gasteiger partial charge in [-0.05, 0) is 32.1 Å². The Kier molecular flexibility index (Phi) is 5.54. The van der Waals surface area contributed by atoms with Crippen molar-refractivity contribution < 1.29 is 14.6 Å². The molecule has 5 heteroatoms. The van der Waals surface area contributed by atoms with Crippen molar-refractivity contribution in [3.63, 3.8) is 0 Å². The van der Waals surface area contributed by atoms with Crippen molar-refractivity contribution in [2.75, 3.05) is 39.4 Å². The third-order valence-electron chi connectivity index (χ3n) is 5.02. The summed E-state index contributed by atoms with van der Waals surface area (Å²) < 4.78 is 5.32. The Hall–Kier alpha value is -0.910. The molecule has 2 rings (SSSR count). The van der Waals surface area contributed by atoms with Crippen molar-refractivity contribution in [2.24, 2.45) is 17.3 Å². The lowest BCUT2D eigenvalue weighted by atomic mass is 10.1. The van der Waals surface area contributed by atoms with Crippen LogP contribution in [0.25, 0.3) is 0 Å². The summed E-state index contributed by atoms with van der Waals surface area (Å²) in [5.41, 5.74) is 0.341. The average molecular weight is 324 g/mol. The summed E-state index contributed by atoms with van der Waals surface area (Å²) in [5, 5.41) is 13.5. The van der Waals surface area contributed by atoms with Gasteiger partial charge < -0.3 is 15.2 Å². The van der Waals surface area contributed by atoms with Crippen molar-refractivity contribution in [1.82, 2.24) is 10.2 Å². The van der Waals surface area contributed by atoms with Gasteiger partial charge in [0, 0.05) is 26.2 Å². The number of allylic oxidation sites excluding steroid dienone is 2. The minimum absolute atomic E-state index is 0.0107. The molecule has 5 nitrogen and oxygen atoms in total. The van der Waals surface area contributed by atoms with E-state index >= 15 is 0 Å². The van der Waals surface area contributed by atoms with Gasteiger partial charge in [0.1, 0.15) is 0 Å². The molecule has 2 N–H and O–H groups in total. The Morgan fingerprint density at radius 1 is 1.39 bits per heavy atom. The van der Waals surface area contributed by atoms with E-state index < -0.39 is 5.60 Å². The maximum atomic E-state index is 12.5. The molecule has 0 radical (unpaired) electrons. The maximum absolute atomic E-state index is 12.5. The average Bonchev–Trinajstić information content (AvgIpc) is 2.97. The number of nitrogens with zero attached hydrogens (tertiary/aromatic N) is 1. The Balaban J connectivity index is 1.82. The van der Waals surface area contributed by atoms with E-state index in [0.29, 0.717) is 25.7 Å². The third-order valence-corrected chi connectivity index (χ3v) is 5.02. The summed E-state index contributed by atoms with van der Waals surface area (Å²) in [5.74, 6) is 0.369. The van der Waals surface area contributed by atoms with Gasteiger partial charge in [-0.25, -0.2) is 0 Å². The second kappa shape index (κ2) is 6.91. The maximum Gasteiger partial charge on any atom is 0.224 e. The highest BCUT2D eigenvalue weighted by Gasteiger charge is 2.60. The number of amides is 1. The van der Waals surface area contributed by atoms with Crippen LogP contribution in [0.3, 0.4) is 0 Å².